The topological polar surface area (TPSA) is 44.8 Å². The number of fused-ring (bicyclic) bond motifs is 1. The number of carbonyl (C=O) groups excluding carboxylic acids is 1. The zero-order chi connectivity index (χ0) is 13.9. The number of esters is 1. The average Bonchev–Trinajstić information content (AvgIpc) is 2.96. The van der Waals surface area contributed by atoms with Crippen molar-refractivity contribution in [1.29, 1.82) is 0 Å². The van der Waals surface area contributed by atoms with E-state index in [-0.39, 0.29) is 24.6 Å². The summed E-state index contributed by atoms with van der Waals surface area (Å²) >= 11 is 0. The molecule has 0 N–H and O–H groups in total. The molecule has 0 spiro atoms. The van der Waals surface area contributed by atoms with Gasteiger partial charge in [0.15, 0.2) is 0 Å². The van der Waals surface area contributed by atoms with Gasteiger partial charge in [0.05, 0.1) is 31.5 Å². The Kier molecular flexibility index (Phi) is 3.85. The third kappa shape index (κ3) is 2.62. The molecule has 0 unspecified atom stereocenters. The molecule has 1 saturated heterocycles. The van der Waals surface area contributed by atoms with Crippen LogP contribution in [-0.4, -0.2) is 31.9 Å². The van der Waals surface area contributed by atoms with Crippen LogP contribution in [0.4, 0.5) is 0 Å². The van der Waals surface area contributed by atoms with E-state index in [1.165, 1.54) is 0 Å². The zero-order valence-corrected chi connectivity index (χ0v) is 11.5. The maximum atomic E-state index is 12.2. The van der Waals surface area contributed by atoms with E-state index in [0.717, 1.165) is 11.1 Å². The third-order valence-electron chi connectivity index (χ3n) is 3.91. The molecular weight excluding hydrogens is 256 g/mol. The predicted octanol–water partition coefficient (Wildman–Crippen LogP) is 2.09. The van der Waals surface area contributed by atoms with Gasteiger partial charge in [-0.15, -0.1) is 0 Å². The second-order valence-corrected chi connectivity index (χ2v) is 5.20. The number of rotatable bonds is 3. The van der Waals surface area contributed by atoms with Crippen LogP contribution in [0.1, 0.15) is 12.5 Å². The number of hydrogen-bond donors (Lipinski definition) is 0. The molecule has 2 heterocycles. The van der Waals surface area contributed by atoms with Gasteiger partial charge in [-0.25, -0.2) is 4.79 Å². The molecule has 4 heteroatoms. The van der Waals surface area contributed by atoms with Gasteiger partial charge in [0, 0.05) is 5.92 Å². The Hall–Kier alpha value is -1.65. The highest BCUT2D eigenvalue weighted by Gasteiger charge is 2.36. The quantitative estimate of drug-likeness (QED) is 0.792. The van der Waals surface area contributed by atoms with Crippen molar-refractivity contribution in [2.24, 2.45) is 5.92 Å². The summed E-state index contributed by atoms with van der Waals surface area (Å²) < 4.78 is 16.5. The second kappa shape index (κ2) is 5.77. The molecule has 0 radical (unpaired) electrons. The number of benzene rings is 1. The van der Waals surface area contributed by atoms with Crippen LogP contribution in [0.2, 0.25) is 0 Å². The maximum absolute atomic E-state index is 12.2. The van der Waals surface area contributed by atoms with Crippen LogP contribution in [-0.2, 0) is 25.6 Å². The summed E-state index contributed by atoms with van der Waals surface area (Å²) in [6.45, 7) is 3.78. The molecule has 3 rings (SSSR count). The van der Waals surface area contributed by atoms with Crippen LogP contribution in [0.3, 0.4) is 0 Å². The van der Waals surface area contributed by atoms with Crippen LogP contribution in [0, 0.1) is 5.92 Å². The van der Waals surface area contributed by atoms with E-state index >= 15 is 0 Å². The Morgan fingerprint density at radius 2 is 2.10 bits per heavy atom. The average molecular weight is 274 g/mol. The van der Waals surface area contributed by atoms with E-state index in [4.69, 9.17) is 14.2 Å². The first-order chi connectivity index (χ1) is 9.75. The summed E-state index contributed by atoms with van der Waals surface area (Å²) in [5.74, 6) is -0.0886. The molecule has 1 aromatic carbocycles. The molecule has 0 saturated carbocycles. The van der Waals surface area contributed by atoms with Crippen molar-refractivity contribution in [3.05, 3.63) is 47.0 Å². The van der Waals surface area contributed by atoms with Gasteiger partial charge in [-0.1, -0.05) is 30.3 Å². The Morgan fingerprint density at radius 3 is 2.90 bits per heavy atom. The van der Waals surface area contributed by atoms with Crippen molar-refractivity contribution in [1.82, 2.24) is 0 Å². The van der Waals surface area contributed by atoms with Crippen molar-refractivity contribution >= 4 is 5.97 Å². The minimum atomic E-state index is -0.286. The molecule has 2 aliphatic rings. The van der Waals surface area contributed by atoms with Gasteiger partial charge < -0.3 is 14.2 Å². The van der Waals surface area contributed by atoms with Crippen LogP contribution < -0.4 is 0 Å². The Labute approximate surface area is 118 Å². The molecule has 0 aliphatic carbocycles. The summed E-state index contributed by atoms with van der Waals surface area (Å²) in [6, 6.07) is 9.67. The molecule has 0 aromatic heterocycles. The van der Waals surface area contributed by atoms with Crippen LogP contribution >= 0.6 is 0 Å². The summed E-state index contributed by atoms with van der Waals surface area (Å²) in [5, 5.41) is 0. The molecule has 0 bridgehead atoms. The van der Waals surface area contributed by atoms with Gasteiger partial charge in [0.2, 0.25) is 0 Å². The van der Waals surface area contributed by atoms with Gasteiger partial charge >= 0.3 is 5.97 Å². The lowest BCUT2D eigenvalue weighted by atomic mass is 9.91. The van der Waals surface area contributed by atoms with Gasteiger partial charge in [-0.05, 0) is 18.1 Å². The lowest BCUT2D eigenvalue weighted by Gasteiger charge is -2.27. The normalized spacial score (nSPS) is 25.4. The summed E-state index contributed by atoms with van der Waals surface area (Å²) in [4.78, 5) is 12.2. The Bertz CT molecular complexity index is 521. The highest BCUT2D eigenvalue weighted by molar-refractivity contribution is 5.90. The molecule has 0 amide bonds. The maximum Gasteiger partial charge on any atom is 0.336 e. The molecule has 4 nitrogen and oxygen atoms in total. The van der Waals surface area contributed by atoms with Crippen LogP contribution in [0.15, 0.2) is 41.5 Å². The first-order valence-corrected chi connectivity index (χ1v) is 6.88. The smallest absolute Gasteiger partial charge is 0.336 e. The highest BCUT2D eigenvalue weighted by Crippen LogP contribution is 2.32. The Balaban J connectivity index is 1.69. The van der Waals surface area contributed by atoms with E-state index < -0.39 is 0 Å². The molecule has 1 aromatic rings. The largest absolute Gasteiger partial charge is 0.457 e. The minimum Gasteiger partial charge on any atom is -0.457 e. The van der Waals surface area contributed by atoms with E-state index in [1.807, 2.05) is 37.3 Å². The number of hydrogen-bond acceptors (Lipinski definition) is 4. The molecular formula is C16H18O4. The van der Waals surface area contributed by atoms with Gasteiger partial charge in [0.1, 0.15) is 6.61 Å². The summed E-state index contributed by atoms with van der Waals surface area (Å²) in [5.41, 5.74) is 2.68. The van der Waals surface area contributed by atoms with Crippen molar-refractivity contribution in [3.8, 4) is 0 Å². The molecule has 106 valence electrons. The van der Waals surface area contributed by atoms with Crippen molar-refractivity contribution in [2.75, 3.05) is 19.8 Å². The van der Waals surface area contributed by atoms with E-state index in [9.17, 15) is 4.79 Å². The fourth-order valence-corrected chi connectivity index (χ4v) is 2.66. The van der Waals surface area contributed by atoms with Gasteiger partial charge in [-0.2, -0.15) is 0 Å². The SMILES string of the molecule is C[C@H]1OCC(C(=O)OCc2ccccc2)=C2COC[C@H]21. The van der Waals surface area contributed by atoms with Gasteiger partial charge in [0.25, 0.3) is 0 Å². The fraction of sp³-hybridized carbons (Fsp3) is 0.438. The molecule has 20 heavy (non-hydrogen) atoms. The van der Waals surface area contributed by atoms with Crippen LogP contribution in [0.25, 0.3) is 0 Å². The van der Waals surface area contributed by atoms with Gasteiger partial charge in [-0.3, -0.25) is 0 Å². The molecule has 2 aliphatic heterocycles. The van der Waals surface area contributed by atoms with Crippen LogP contribution in [0.5, 0.6) is 0 Å². The van der Waals surface area contributed by atoms with Crippen molar-refractivity contribution in [3.63, 3.8) is 0 Å². The first kappa shape index (κ1) is 13.3. The molecule has 2 atom stereocenters. The molecule has 1 fully saturated rings. The first-order valence-electron chi connectivity index (χ1n) is 6.88. The predicted molar refractivity (Wildman–Crippen MR) is 73.0 cm³/mol. The lowest BCUT2D eigenvalue weighted by Crippen LogP contribution is -2.32. The zero-order valence-electron chi connectivity index (χ0n) is 11.5. The second-order valence-electron chi connectivity index (χ2n) is 5.20. The summed E-state index contributed by atoms with van der Waals surface area (Å²) in [6.07, 6.45) is 0.109. The van der Waals surface area contributed by atoms with E-state index in [2.05, 4.69) is 0 Å². The fourth-order valence-electron chi connectivity index (χ4n) is 2.66. The monoisotopic (exact) mass is 274 g/mol. The number of carbonyl (C=O) groups is 1. The number of ether oxygens (including phenoxy) is 3. The lowest BCUT2D eigenvalue weighted by molar-refractivity contribution is -0.141. The van der Waals surface area contributed by atoms with E-state index in [1.54, 1.807) is 0 Å². The standard InChI is InChI=1S/C16H18O4/c1-11-13-8-18-9-14(13)15(10-19-11)16(17)20-7-12-5-3-2-4-6-12/h2-6,11,13H,7-10H2,1H3/t11-,13+/m1/s1. The van der Waals surface area contributed by atoms with Crippen molar-refractivity contribution < 1.29 is 19.0 Å². The third-order valence-corrected chi connectivity index (χ3v) is 3.91. The highest BCUT2D eigenvalue weighted by atomic mass is 16.5. The summed E-state index contributed by atoms with van der Waals surface area (Å²) in [7, 11) is 0. The Morgan fingerprint density at radius 1 is 1.30 bits per heavy atom. The van der Waals surface area contributed by atoms with Crippen molar-refractivity contribution in [2.45, 2.75) is 19.6 Å². The minimum absolute atomic E-state index is 0.109. The van der Waals surface area contributed by atoms with E-state index in [0.29, 0.717) is 25.4 Å².